The van der Waals surface area contributed by atoms with Crippen LogP contribution in [0.2, 0.25) is 0 Å². The van der Waals surface area contributed by atoms with Gasteiger partial charge in [0, 0.05) is 30.3 Å². The van der Waals surface area contributed by atoms with E-state index < -0.39 is 0 Å². The summed E-state index contributed by atoms with van der Waals surface area (Å²) in [4.78, 5) is 29.9. The summed E-state index contributed by atoms with van der Waals surface area (Å²) in [5.41, 5.74) is 8.45. The first-order valence-electron chi connectivity index (χ1n) is 7.54. The lowest BCUT2D eigenvalue weighted by Gasteiger charge is -2.30. The highest BCUT2D eigenvalue weighted by Crippen LogP contribution is 2.31. The second-order valence-electron chi connectivity index (χ2n) is 5.40. The van der Waals surface area contributed by atoms with Gasteiger partial charge in [0.05, 0.1) is 12.1 Å². The SMILES string of the molecule is NCC(=O)Nc1ccc2c(c1)N(C(=O)c1cccnc1)CCC2. The summed E-state index contributed by atoms with van der Waals surface area (Å²) < 4.78 is 0. The number of hydrogen-bond donors (Lipinski definition) is 2. The minimum atomic E-state index is -0.258. The van der Waals surface area contributed by atoms with E-state index in [0.29, 0.717) is 17.8 Å². The van der Waals surface area contributed by atoms with Crippen LogP contribution in [0.1, 0.15) is 22.3 Å². The van der Waals surface area contributed by atoms with Gasteiger partial charge in [-0.25, -0.2) is 0 Å². The number of benzene rings is 1. The fraction of sp³-hybridized carbons (Fsp3) is 0.235. The molecule has 0 atom stereocenters. The number of aryl methyl sites for hydroxylation is 1. The molecule has 6 heteroatoms. The molecule has 0 unspecified atom stereocenters. The van der Waals surface area contributed by atoms with Crippen LogP contribution in [0.3, 0.4) is 0 Å². The smallest absolute Gasteiger partial charge is 0.259 e. The normalized spacial score (nSPS) is 13.3. The molecule has 1 aliphatic rings. The van der Waals surface area contributed by atoms with Crippen molar-refractivity contribution in [1.82, 2.24) is 4.98 Å². The third-order valence-corrected chi connectivity index (χ3v) is 3.83. The first-order valence-corrected chi connectivity index (χ1v) is 7.54. The molecule has 0 bridgehead atoms. The predicted octanol–water partition coefficient (Wildman–Crippen LogP) is 1.57. The number of fused-ring (bicyclic) bond motifs is 1. The number of anilines is 2. The lowest BCUT2D eigenvalue weighted by molar-refractivity contribution is -0.114. The van der Waals surface area contributed by atoms with E-state index in [9.17, 15) is 9.59 Å². The predicted molar refractivity (Wildman–Crippen MR) is 88.4 cm³/mol. The second kappa shape index (κ2) is 6.58. The number of nitrogens with zero attached hydrogens (tertiary/aromatic N) is 2. The van der Waals surface area contributed by atoms with Gasteiger partial charge in [0.15, 0.2) is 0 Å². The van der Waals surface area contributed by atoms with Gasteiger partial charge < -0.3 is 16.0 Å². The third kappa shape index (κ3) is 3.22. The van der Waals surface area contributed by atoms with Gasteiger partial charge in [-0.05, 0) is 42.7 Å². The van der Waals surface area contributed by atoms with Gasteiger partial charge in [0.1, 0.15) is 0 Å². The van der Waals surface area contributed by atoms with Crippen LogP contribution >= 0.6 is 0 Å². The number of nitrogens with one attached hydrogen (secondary N) is 1. The van der Waals surface area contributed by atoms with Crippen molar-refractivity contribution in [2.75, 3.05) is 23.3 Å². The van der Waals surface area contributed by atoms with Crippen molar-refractivity contribution in [1.29, 1.82) is 0 Å². The topological polar surface area (TPSA) is 88.3 Å². The molecule has 0 aliphatic carbocycles. The number of amides is 2. The Balaban J connectivity index is 1.92. The molecule has 3 rings (SSSR count). The summed E-state index contributed by atoms with van der Waals surface area (Å²) in [6, 6.07) is 9.12. The summed E-state index contributed by atoms with van der Waals surface area (Å²) in [7, 11) is 0. The minimum absolute atomic E-state index is 0.0740. The Kier molecular flexibility index (Phi) is 4.34. The van der Waals surface area contributed by atoms with Crippen LogP contribution in [0.5, 0.6) is 0 Å². The molecule has 0 saturated heterocycles. The monoisotopic (exact) mass is 310 g/mol. The first kappa shape index (κ1) is 15.2. The molecule has 2 aromatic rings. The number of carbonyl (C=O) groups excluding carboxylic acids is 2. The molecule has 1 aliphatic heterocycles. The summed E-state index contributed by atoms with van der Waals surface area (Å²) >= 11 is 0. The zero-order chi connectivity index (χ0) is 16.2. The maximum absolute atomic E-state index is 12.7. The van der Waals surface area contributed by atoms with Crippen molar-refractivity contribution in [3.8, 4) is 0 Å². The standard InChI is InChI=1S/C17H18N4O2/c18-10-16(22)20-14-6-5-12-4-2-8-21(15(12)9-14)17(23)13-3-1-7-19-11-13/h1,3,5-7,9,11H,2,4,8,10,18H2,(H,20,22). The lowest BCUT2D eigenvalue weighted by atomic mass is 10.00. The molecule has 2 amide bonds. The van der Waals surface area contributed by atoms with E-state index in [2.05, 4.69) is 10.3 Å². The molecule has 1 aromatic heterocycles. The Hall–Kier alpha value is -2.73. The quantitative estimate of drug-likeness (QED) is 0.900. The largest absolute Gasteiger partial charge is 0.325 e. The van der Waals surface area contributed by atoms with Crippen LogP contribution in [0.4, 0.5) is 11.4 Å². The van der Waals surface area contributed by atoms with E-state index in [-0.39, 0.29) is 18.4 Å². The van der Waals surface area contributed by atoms with Crippen molar-refractivity contribution in [2.24, 2.45) is 5.73 Å². The third-order valence-electron chi connectivity index (χ3n) is 3.83. The van der Waals surface area contributed by atoms with Gasteiger partial charge in [-0.15, -0.1) is 0 Å². The molecule has 0 spiro atoms. The maximum Gasteiger partial charge on any atom is 0.259 e. The number of rotatable bonds is 3. The Morgan fingerprint density at radius 1 is 1.30 bits per heavy atom. The molecular weight excluding hydrogens is 292 g/mol. The number of pyridine rings is 1. The minimum Gasteiger partial charge on any atom is -0.325 e. The Bertz CT molecular complexity index is 731. The molecule has 23 heavy (non-hydrogen) atoms. The molecule has 0 fully saturated rings. The zero-order valence-electron chi connectivity index (χ0n) is 12.7. The molecule has 3 N–H and O–H groups in total. The fourth-order valence-corrected chi connectivity index (χ4v) is 2.72. The van der Waals surface area contributed by atoms with E-state index in [0.717, 1.165) is 24.1 Å². The summed E-state index contributed by atoms with van der Waals surface area (Å²) in [6.45, 7) is 0.574. The van der Waals surface area contributed by atoms with E-state index in [1.807, 2.05) is 18.2 Å². The first-order chi connectivity index (χ1) is 11.2. The van der Waals surface area contributed by atoms with Crippen LogP contribution in [0, 0.1) is 0 Å². The van der Waals surface area contributed by atoms with Crippen molar-refractivity contribution in [2.45, 2.75) is 12.8 Å². The molecule has 0 radical (unpaired) electrons. The highest BCUT2D eigenvalue weighted by Gasteiger charge is 2.24. The Morgan fingerprint density at radius 3 is 2.91 bits per heavy atom. The number of aromatic nitrogens is 1. The van der Waals surface area contributed by atoms with Crippen LogP contribution < -0.4 is 16.0 Å². The average Bonchev–Trinajstić information content (AvgIpc) is 2.61. The van der Waals surface area contributed by atoms with Gasteiger partial charge in [-0.1, -0.05) is 6.07 Å². The summed E-state index contributed by atoms with van der Waals surface area (Å²) in [6.07, 6.45) is 5.03. The van der Waals surface area contributed by atoms with Gasteiger partial charge >= 0.3 is 0 Å². The second-order valence-corrected chi connectivity index (χ2v) is 5.40. The Labute approximate surface area is 134 Å². The molecule has 1 aromatic carbocycles. The summed E-state index contributed by atoms with van der Waals surface area (Å²) in [5.74, 6) is -0.341. The molecular formula is C17H18N4O2. The lowest BCUT2D eigenvalue weighted by Crippen LogP contribution is -2.35. The van der Waals surface area contributed by atoms with Gasteiger partial charge in [-0.2, -0.15) is 0 Å². The highest BCUT2D eigenvalue weighted by molar-refractivity contribution is 6.07. The molecule has 2 heterocycles. The van der Waals surface area contributed by atoms with Crippen molar-refractivity contribution in [3.05, 3.63) is 53.9 Å². The number of hydrogen-bond acceptors (Lipinski definition) is 4. The average molecular weight is 310 g/mol. The van der Waals surface area contributed by atoms with Crippen molar-refractivity contribution in [3.63, 3.8) is 0 Å². The van der Waals surface area contributed by atoms with Gasteiger partial charge in [0.25, 0.3) is 5.91 Å². The molecule has 6 nitrogen and oxygen atoms in total. The van der Waals surface area contributed by atoms with Gasteiger partial charge in [0.2, 0.25) is 5.91 Å². The van der Waals surface area contributed by atoms with Crippen LogP contribution in [0.25, 0.3) is 0 Å². The fourth-order valence-electron chi connectivity index (χ4n) is 2.72. The van der Waals surface area contributed by atoms with Crippen molar-refractivity contribution >= 4 is 23.2 Å². The van der Waals surface area contributed by atoms with Crippen LogP contribution in [-0.2, 0) is 11.2 Å². The van der Waals surface area contributed by atoms with E-state index in [4.69, 9.17) is 5.73 Å². The van der Waals surface area contributed by atoms with Gasteiger partial charge in [-0.3, -0.25) is 14.6 Å². The van der Waals surface area contributed by atoms with E-state index in [1.54, 1.807) is 29.4 Å². The van der Waals surface area contributed by atoms with Crippen LogP contribution in [0.15, 0.2) is 42.7 Å². The van der Waals surface area contributed by atoms with E-state index in [1.165, 1.54) is 0 Å². The zero-order valence-corrected chi connectivity index (χ0v) is 12.7. The molecule has 118 valence electrons. The summed E-state index contributed by atoms with van der Waals surface area (Å²) in [5, 5.41) is 2.73. The van der Waals surface area contributed by atoms with E-state index >= 15 is 0 Å². The van der Waals surface area contributed by atoms with Crippen molar-refractivity contribution < 1.29 is 9.59 Å². The Morgan fingerprint density at radius 2 is 2.17 bits per heavy atom. The van der Waals surface area contributed by atoms with Crippen LogP contribution in [-0.4, -0.2) is 29.9 Å². The maximum atomic E-state index is 12.7. The molecule has 0 saturated carbocycles. The number of nitrogens with two attached hydrogens (primary N) is 1. The number of carbonyl (C=O) groups is 2. The highest BCUT2D eigenvalue weighted by atomic mass is 16.2.